The van der Waals surface area contributed by atoms with Crippen LogP contribution in [0.4, 0.5) is 0 Å². The number of rotatable bonds is 7. The van der Waals surface area contributed by atoms with Gasteiger partial charge in [0.25, 0.3) is 0 Å². The number of hydrogen-bond acceptors (Lipinski definition) is 5. The molecular formula is C16H22N4O. The Morgan fingerprint density at radius 1 is 1.05 bits per heavy atom. The summed E-state index contributed by atoms with van der Waals surface area (Å²) in [6, 6.07) is 2.04. The van der Waals surface area contributed by atoms with Gasteiger partial charge in [0.2, 0.25) is 0 Å². The fraction of sp³-hybridized carbons (Fsp3) is 0.438. The predicted octanol–water partition coefficient (Wildman–Crippen LogP) is 2.75. The summed E-state index contributed by atoms with van der Waals surface area (Å²) < 4.78 is 5.72. The highest BCUT2D eigenvalue weighted by Crippen LogP contribution is 2.23. The summed E-state index contributed by atoms with van der Waals surface area (Å²) >= 11 is 0. The van der Waals surface area contributed by atoms with Crippen molar-refractivity contribution < 1.29 is 4.74 Å². The molecule has 5 nitrogen and oxygen atoms in total. The van der Waals surface area contributed by atoms with Crippen LogP contribution in [0.3, 0.4) is 0 Å². The Balaban J connectivity index is 2.28. The standard InChI is InChI=1S/C16H22N4O/c1-4-5-20-16(14-8-18-11-19-9-14)13-6-15(10-17-7-13)21-12(2)3/h6-12,16,20H,4-5H2,1-3H3. The van der Waals surface area contributed by atoms with Crippen LogP contribution >= 0.6 is 0 Å². The van der Waals surface area contributed by atoms with E-state index in [4.69, 9.17) is 4.74 Å². The average molecular weight is 286 g/mol. The van der Waals surface area contributed by atoms with E-state index in [1.807, 2.05) is 38.5 Å². The number of ether oxygens (including phenoxy) is 1. The molecule has 0 radical (unpaired) electrons. The van der Waals surface area contributed by atoms with E-state index < -0.39 is 0 Å². The van der Waals surface area contributed by atoms with Crippen LogP contribution in [-0.4, -0.2) is 27.6 Å². The minimum absolute atomic E-state index is 0.0226. The number of nitrogens with one attached hydrogen (secondary N) is 1. The van der Waals surface area contributed by atoms with Gasteiger partial charge in [0.05, 0.1) is 18.3 Å². The van der Waals surface area contributed by atoms with E-state index in [0.717, 1.165) is 29.8 Å². The molecule has 2 aromatic heterocycles. The Bertz CT molecular complexity index is 545. The van der Waals surface area contributed by atoms with Gasteiger partial charge in [-0.15, -0.1) is 0 Å². The molecule has 1 atom stereocenters. The van der Waals surface area contributed by atoms with Gasteiger partial charge >= 0.3 is 0 Å². The van der Waals surface area contributed by atoms with Crippen molar-refractivity contribution in [2.45, 2.75) is 39.3 Å². The SMILES string of the molecule is CCCNC(c1cncnc1)c1cncc(OC(C)C)c1. The van der Waals surface area contributed by atoms with E-state index >= 15 is 0 Å². The maximum atomic E-state index is 5.72. The molecule has 0 aliphatic heterocycles. The van der Waals surface area contributed by atoms with Crippen molar-refractivity contribution in [3.8, 4) is 5.75 Å². The number of hydrogen-bond donors (Lipinski definition) is 1. The quantitative estimate of drug-likeness (QED) is 0.848. The van der Waals surface area contributed by atoms with E-state index in [1.54, 1.807) is 6.20 Å². The van der Waals surface area contributed by atoms with E-state index in [2.05, 4.69) is 27.2 Å². The summed E-state index contributed by atoms with van der Waals surface area (Å²) in [4.78, 5) is 12.5. The first-order valence-electron chi connectivity index (χ1n) is 7.30. The molecule has 0 aromatic carbocycles. The lowest BCUT2D eigenvalue weighted by molar-refractivity contribution is 0.241. The Morgan fingerprint density at radius 2 is 1.76 bits per heavy atom. The normalized spacial score (nSPS) is 12.4. The number of aromatic nitrogens is 3. The summed E-state index contributed by atoms with van der Waals surface area (Å²) in [7, 11) is 0. The molecule has 1 unspecified atom stereocenters. The lowest BCUT2D eigenvalue weighted by Crippen LogP contribution is -2.23. The van der Waals surface area contributed by atoms with Gasteiger partial charge in [0.1, 0.15) is 12.1 Å². The molecule has 2 heterocycles. The zero-order valence-electron chi connectivity index (χ0n) is 12.8. The van der Waals surface area contributed by atoms with Gasteiger partial charge in [-0.25, -0.2) is 9.97 Å². The topological polar surface area (TPSA) is 59.9 Å². The fourth-order valence-electron chi connectivity index (χ4n) is 2.11. The second kappa shape index (κ2) is 7.69. The van der Waals surface area contributed by atoms with Crippen molar-refractivity contribution in [3.05, 3.63) is 48.3 Å². The Kier molecular flexibility index (Phi) is 5.63. The van der Waals surface area contributed by atoms with Gasteiger partial charge in [0, 0.05) is 24.2 Å². The molecule has 0 saturated carbocycles. The second-order valence-electron chi connectivity index (χ2n) is 5.18. The van der Waals surface area contributed by atoms with E-state index in [9.17, 15) is 0 Å². The molecule has 112 valence electrons. The lowest BCUT2D eigenvalue weighted by atomic mass is 10.0. The maximum Gasteiger partial charge on any atom is 0.138 e. The molecule has 0 aliphatic carbocycles. The Labute approximate surface area is 125 Å². The van der Waals surface area contributed by atoms with Crippen LogP contribution < -0.4 is 10.1 Å². The number of pyridine rings is 1. The highest BCUT2D eigenvalue weighted by atomic mass is 16.5. The molecule has 5 heteroatoms. The van der Waals surface area contributed by atoms with Crippen LogP contribution in [-0.2, 0) is 0 Å². The van der Waals surface area contributed by atoms with Crippen molar-refractivity contribution in [2.75, 3.05) is 6.54 Å². The molecule has 2 rings (SSSR count). The largest absolute Gasteiger partial charge is 0.489 e. The van der Waals surface area contributed by atoms with E-state index in [0.29, 0.717) is 0 Å². The van der Waals surface area contributed by atoms with E-state index in [1.165, 1.54) is 6.33 Å². The van der Waals surface area contributed by atoms with Crippen LogP contribution in [0.1, 0.15) is 44.4 Å². The van der Waals surface area contributed by atoms with E-state index in [-0.39, 0.29) is 12.1 Å². The first-order chi connectivity index (χ1) is 10.2. The average Bonchev–Trinajstić information content (AvgIpc) is 2.48. The molecular weight excluding hydrogens is 264 g/mol. The molecule has 0 spiro atoms. The summed E-state index contributed by atoms with van der Waals surface area (Å²) in [5.41, 5.74) is 2.07. The molecule has 21 heavy (non-hydrogen) atoms. The highest BCUT2D eigenvalue weighted by molar-refractivity contribution is 5.32. The van der Waals surface area contributed by atoms with Crippen molar-refractivity contribution in [2.24, 2.45) is 0 Å². The monoisotopic (exact) mass is 286 g/mol. The number of nitrogens with zero attached hydrogens (tertiary/aromatic N) is 3. The third kappa shape index (κ3) is 4.49. The minimum Gasteiger partial charge on any atom is -0.489 e. The summed E-state index contributed by atoms with van der Waals surface area (Å²) in [6.45, 7) is 7.06. The molecule has 0 bridgehead atoms. The fourth-order valence-corrected chi connectivity index (χ4v) is 2.11. The molecule has 2 aromatic rings. The van der Waals surface area contributed by atoms with Crippen molar-refractivity contribution in [1.82, 2.24) is 20.3 Å². The first kappa shape index (κ1) is 15.4. The molecule has 0 fully saturated rings. The van der Waals surface area contributed by atoms with Gasteiger partial charge in [-0.05, 0) is 38.4 Å². The molecule has 1 N–H and O–H groups in total. The highest BCUT2D eigenvalue weighted by Gasteiger charge is 2.15. The smallest absolute Gasteiger partial charge is 0.138 e. The zero-order chi connectivity index (χ0) is 15.1. The van der Waals surface area contributed by atoms with Gasteiger partial charge < -0.3 is 10.1 Å². The summed E-state index contributed by atoms with van der Waals surface area (Å²) in [6.07, 6.45) is 9.97. The Hall–Kier alpha value is -2.01. The molecule has 0 saturated heterocycles. The van der Waals surface area contributed by atoms with Crippen LogP contribution in [0.2, 0.25) is 0 Å². The van der Waals surface area contributed by atoms with Gasteiger partial charge in [-0.1, -0.05) is 6.92 Å². The van der Waals surface area contributed by atoms with Crippen molar-refractivity contribution in [1.29, 1.82) is 0 Å². The molecule has 0 aliphatic rings. The minimum atomic E-state index is 0.0226. The van der Waals surface area contributed by atoms with Crippen LogP contribution in [0, 0.1) is 0 Å². The first-order valence-corrected chi connectivity index (χ1v) is 7.30. The maximum absolute atomic E-state index is 5.72. The third-order valence-corrected chi connectivity index (χ3v) is 2.95. The molecule has 0 amide bonds. The van der Waals surface area contributed by atoms with Gasteiger partial charge in [0.15, 0.2) is 0 Å². The summed E-state index contributed by atoms with van der Waals surface area (Å²) in [5.74, 6) is 0.780. The second-order valence-corrected chi connectivity index (χ2v) is 5.18. The van der Waals surface area contributed by atoms with Crippen LogP contribution in [0.5, 0.6) is 5.75 Å². The van der Waals surface area contributed by atoms with Crippen molar-refractivity contribution >= 4 is 0 Å². The third-order valence-electron chi connectivity index (χ3n) is 2.95. The summed E-state index contributed by atoms with van der Waals surface area (Å²) in [5, 5.41) is 3.51. The van der Waals surface area contributed by atoms with Crippen LogP contribution in [0.25, 0.3) is 0 Å². The van der Waals surface area contributed by atoms with Gasteiger partial charge in [-0.2, -0.15) is 0 Å². The predicted molar refractivity (Wildman–Crippen MR) is 82.2 cm³/mol. The Morgan fingerprint density at radius 3 is 2.43 bits per heavy atom. The van der Waals surface area contributed by atoms with Gasteiger partial charge in [-0.3, -0.25) is 4.98 Å². The lowest BCUT2D eigenvalue weighted by Gasteiger charge is -2.19. The van der Waals surface area contributed by atoms with Crippen molar-refractivity contribution in [3.63, 3.8) is 0 Å². The zero-order valence-corrected chi connectivity index (χ0v) is 12.8. The van der Waals surface area contributed by atoms with Crippen LogP contribution in [0.15, 0.2) is 37.2 Å².